The number of nitrogens with one attached hydrogen (secondary N) is 2. The van der Waals surface area contributed by atoms with Gasteiger partial charge in [-0.2, -0.15) is 5.10 Å². The Morgan fingerprint density at radius 3 is 2.86 bits per heavy atom. The monoisotopic (exact) mass is 383 g/mol. The van der Waals surface area contributed by atoms with Crippen LogP contribution >= 0.6 is 0 Å². The molecule has 2 N–H and O–H groups in total. The fourth-order valence-corrected chi connectivity index (χ4v) is 4.17. The summed E-state index contributed by atoms with van der Waals surface area (Å²) in [5.41, 5.74) is 1.68. The second-order valence-corrected chi connectivity index (χ2v) is 7.63. The Hall–Kier alpha value is -2.81. The van der Waals surface area contributed by atoms with E-state index in [1.165, 1.54) is 0 Å². The Labute approximate surface area is 163 Å². The third-order valence-corrected chi connectivity index (χ3v) is 5.57. The van der Waals surface area contributed by atoms with E-state index >= 15 is 0 Å². The maximum absolute atomic E-state index is 12.4. The quantitative estimate of drug-likeness (QED) is 0.712. The number of aryl methyl sites for hydroxylation is 3. The molecule has 1 aliphatic carbocycles. The van der Waals surface area contributed by atoms with Gasteiger partial charge in [0.2, 0.25) is 11.8 Å². The third-order valence-electron chi connectivity index (χ3n) is 5.57. The van der Waals surface area contributed by atoms with Gasteiger partial charge in [-0.05, 0) is 25.7 Å². The fraction of sp³-hybridized carbons (Fsp3) is 0.526. The van der Waals surface area contributed by atoms with Crippen molar-refractivity contribution in [3.8, 4) is 0 Å². The molecular weight excluding hydrogens is 358 g/mol. The summed E-state index contributed by atoms with van der Waals surface area (Å²) in [5.74, 6) is 1.10. The van der Waals surface area contributed by atoms with Gasteiger partial charge >= 0.3 is 0 Å². The summed E-state index contributed by atoms with van der Waals surface area (Å²) in [7, 11) is 1.81. The van der Waals surface area contributed by atoms with Crippen LogP contribution in [0.1, 0.15) is 24.2 Å². The van der Waals surface area contributed by atoms with Crippen LogP contribution < -0.4 is 10.6 Å². The van der Waals surface area contributed by atoms with Crippen molar-refractivity contribution in [3.63, 3.8) is 0 Å². The zero-order valence-electron chi connectivity index (χ0n) is 16.1. The first-order valence-electron chi connectivity index (χ1n) is 9.58. The highest BCUT2D eigenvalue weighted by molar-refractivity contribution is 5.91. The molecule has 5 rings (SSSR count). The van der Waals surface area contributed by atoms with E-state index in [1.54, 1.807) is 23.3 Å². The molecule has 2 aliphatic heterocycles. The van der Waals surface area contributed by atoms with Crippen molar-refractivity contribution in [2.75, 3.05) is 18.4 Å². The minimum atomic E-state index is -0.0525. The van der Waals surface area contributed by atoms with Gasteiger partial charge in [-0.3, -0.25) is 29.1 Å². The third kappa shape index (κ3) is 3.89. The van der Waals surface area contributed by atoms with Gasteiger partial charge in [-0.1, -0.05) is 0 Å². The van der Waals surface area contributed by atoms with Gasteiger partial charge in [-0.15, -0.1) is 0 Å². The van der Waals surface area contributed by atoms with Gasteiger partial charge in [0.25, 0.3) is 0 Å². The SMILES string of the molecule is Cc1cc(NC(=O)CN2CC3CC2C3NC(=O)CCc2cnccn2)n(C)n1. The molecule has 0 spiro atoms. The average molecular weight is 383 g/mol. The number of rotatable bonds is 7. The van der Waals surface area contributed by atoms with Crippen molar-refractivity contribution < 1.29 is 9.59 Å². The molecule has 1 saturated carbocycles. The highest BCUT2D eigenvalue weighted by Gasteiger charge is 2.52. The van der Waals surface area contributed by atoms with Gasteiger partial charge in [0, 0.05) is 56.8 Å². The maximum Gasteiger partial charge on any atom is 0.239 e. The minimum absolute atomic E-state index is 0.0296. The molecule has 0 aromatic carbocycles. The molecule has 3 atom stereocenters. The van der Waals surface area contributed by atoms with Crippen LogP contribution in [-0.4, -0.2) is 61.6 Å². The van der Waals surface area contributed by atoms with Crippen LogP contribution in [0.5, 0.6) is 0 Å². The molecule has 4 heterocycles. The van der Waals surface area contributed by atoms with Gasteiger partial charge < -0.3 is 10.6 Å². The molecule has 28 heavy (non-hydrogen) atoms. The first-order chi connectivity index (χ1) is 13.5. The molecule has 9 heteroatoms. The van der Waals surface area contributed by atoms with E-state index in [2.05, 4.69) is 30.6 Å². The lowest BCUT2D eigenvalue weighted by atomic mass is 9.80. The Morgan fingerprint density at radius 2 is 2.14 bits per heavy atom. The van der Waals surface area contributed by atoms with Crippen LogP contribution in [0.2, 0.25) is 0 Å². The molecule has 2 amide bonds. The summed E-state index contributed by atoms with van der Waals surface area (Å²) in [6, 6.07) is 2.23. The number of amides is 2. The topological polar surface area (TPSA) is 105 Å². The standard InChI is InChI=1S/C19H25N7O2/c1-12-7-16(25(2)24-12)22-18(28)11-26-10-13-8-15(26)19(13)23-17(27)4-3-14-9-20-5-6-21-14/h5-7,9,13,15,19H,3-4,8,10-11H2,1-2H3,(H,22,28)(H,23,27). The van der Waals surface area contributed by atoms with E-state index < -0.39 is 0 Å². The van der Waals surface area contributed by atoms with E-state index in [-0.39, 0.29) is 23.9 Å². The Balaban J connectivity index is 1.24. The zero-order chi connectivity index (χ0) is 19.7. The number of carbonyl (C=O) groups is 2. The van der Waals surface area contributed by atoms with Crippen LogP contribution in [0.4, 0.5) is 5.82 Å². The zero-order valence-corrected chi connectivity index (χ0v) is 16.1. The van der Waals surface area contributed by atoms with Crippen LogP contribution in [0.25, 0.3) is 0 Å². The molecule has 0 radical (unpaired) electrons. The first kappa shape index (κ1) is 18.5. The van der Waals surface area contributed by atoms with Crippen molar-refractivity contribution >= 4 is 17.6 Å². The van der Waals surface area contributed by atoms with E-state index in [0.29, 0.717) is 31.1 Å². The predicted octanol–water partition coefficient (Wildman–Crippen LogP) is 0.279. The first-order valence-corrected chi connectivity index (χ1v) is 9.58. The van der Waals surface area contributed by atoms with Gasteiger partial charge in [0.1, 0.15) is 5.82 Å². The fourth-order valence-electron chi connectivity index (χ4n) is 4.17. The van der Waals surface area contributed by atoms with Crippen molar-refractivity contribution in [2.45, 2.75) is 38.3 Å². The van der Waals surface area contributed by atoms with E-state index in [0.717, 1.165) is 24.4 Å². The number of hydrogen-bond donors (Lipinski definition) is 2. The number of nitrogens with zero attached hydrogens (tertiary/aromatic N) is 5. The lowest BCUT2D eigenvalue weighted by molar-refractivity contribution is -0.122. The number of anilines is 1. The van der Waals surface area contributed by atoms with Crippen molar-refractivity contribution in [1.29, 1.82) is 0 Å². The largest absolute Gasteiger partial charge is 0.351 e. The lowest BCUT2D eigenvalue weighted by Gasteiger charge is -2.37. The number of aromatic nitrogens is 4. The molecule has 148 valence electrons. The summed E-state index contributed by atoms with van der Waals surface area (Å²) < 4.78 is 1.66. The average Bonchev–Trinajstić information content (AvgIpc) is 3.31. The highest BCUT2D eigenvalue weighted by atomic mass is 16.2. The summed E-state index contributed by atoms with van der Waals surface area (Å²) in [4.78, 5) is 35.0. The Morgan fingerprint density at radius 1 is 1.29 bits per heavy atom. The van der Waals surface area contributed by atoms with Gasteiger partial charge in [-0.25, -0.2) is 0 Å². The minimum Gasteiger partial charge on any atom is -0.351 e. The predicted molar refractivity (Wildman–Crippen MR) is 102 cm³/mol. The second kappa shape index (κ2) is 7.67. The van der Waals surface area contributed by atoms with Crippen LogP contribution in [0, 0.1) is 12.8 Å². The van der Waals surface area contributed by atoms with E-state index in [1.807, 2.05) is 20.0 Å². The van der Waals surface area contributed by atoms with Gasteiger partial charge in [0.05, 0.1) is 17.9 Å². The van der Waals surface area contributed by atoms with Crippen LogP contribution in [0.3, 0.4) is 0 Å². The van der Waals surface area contributed by atoms with Crippen LogP contribution in [-0.2, 0) is 23.1 Å². The molecule has 3 fully saturated rings. The summed E-state index contributed by atoms with van der Waals surface area (Å²) in [5, 5.41) is 10.3. The molecule has 2 aromatic rings. The Bertz CT molecular complexity index is 866. The second-order valence-electron chi connectivity index (χ2n) is 7.63. The van der Waals surface area contributed by atoms with Gasteiger partial charge in [0.15, 0.2) is 0 Å². The molecule has 2 bridgehead atoms. The van der Waals surface area contributed by atoms with Crippen LogP contribution in [0.15, 0.2) is 24.7 Å². The number of fused-ring (bicyclic) bond motifs is 1. The summed E-state index contributed by atoms with van der Waals surface area (Å²) in [6.07, 6.45) is 6.95. The summed E-state index contributed by atoms with van der Waals surface area (Å²) >= 11 is 0. The molecular formula is C19H25N7O2. The van der Waals surface area contributed by atoms with Crippen molar-refractivity contribution in [2.24, 2.45) is 13.0 Å². The number of hydrogen-bond acceptors (Lipinski definition) is 6. The normalized spacial score (nSPS) is 23.3. The molecule has 9 nitrogen and oxygen atoms in total. The summed E-state index contributed by atoms with van der Waals surface area (Å²) in [6.45, 7) is 3.07. The van der Waals surface area contributed by atoms with E-state index in [4.69, 9.17) is 0 Å². The smallest absolute Gasteiger partial charge is 0.239 e. The van der Waals surface area contributed by atoms with Crippen molar-refractivity contribution in [1.82, 2.24) is 30.0 Å². The molecule has 2 aromatic heterocycles. The molecule has 2 saturated heterocycles. The number of carbonyl (C=O) groups excluding carboxylic acids is 2. The molecule has 3 unspecified atom stereocenters. The highest BCUT2D eigenvalue weighted by Crippen LogP contribution is 2.40. The lowest BCUT2D eigenvalue weighted by Crippen LogP contribution is -2.55. The maximum atomic E-state index is 12.4. The molecule has 3 aliphatic rings. The van der Waals surface area contributed by atoms with E-state index in [9.17, 15) is 9.59 Å². The Kier molecular flexibility index (Phi) is 5.08. The van der Waals surface area contributed by atoms with Crippen molar-refractivity contribution in [3.05, 3.63) is 36.0 Å².